The summed E-state index contributed by atoms with van der Waals surface area (Å²) in [7, 11) is -3.93. The minimum atomic E-state index is -3.93. The number of benzene rings is 3. The van der Waals surface area contributed by atoms with E-state index in [9.17, 15) is 22.4 Å². The van der Waals surface area contributed by atoms with Crippen LogP contribution in [0.4, 0.5) is 10.1 Å². The van der Waals surface area contributed by atoms with Crippen molar-refractivity contribution in [2.45, 2.75) is 11.8 Å². The van der Waals surface area contributed by atoms with Gasteiger partial charge in [0.05, 0.1) is 4.90 Å². The molecule has 0 saturated carbocycles. The molecule has 168 valence electrons. The van der Waals surface area contributed by atoms with Crippen LogP contribution in [-0.2, 0) is 10.0 Å². The van der Waals surface area contributed by atoms with Crippen molar-refractivity contribution in [3.05, 3.63) is 95.5 Å². The van der Waals surface area contributed by atoms with Crippen molar-refractivity contribution >= 4 is 38.5 Å². The number of hydrogen-bond acceptors (Lipinski definition) is 5. The fourth-order valence-corrected chi connectivity index (χ4v) is 4.21. The molecule has 8 nitrogen and oxygen atoms in total. The molecular weight excluding hydrogens is 449 g/mol. The summed E-state index contributed by atoms with van der Waals surface area (Å²) >= 11 is 0. The van der Waals surface area contributed by atoms with Gasteiger partial charge in [-0.1, -0.05) is 18.2 Å². The number of anilines is 1. The van der Waals surface area contributed by atoms with Gasteiger partial charge < -0.3 is 4.42 Å². The highest BCUT2D eigenvalue weighted by molar-refractivity contribution is 7.92. The predicted octanol–water partition coefficient (Wildman–Crippen LogP) is 3.76. The van der Waals surface area contributed by atoms with E-state index in [-0.39, 0.29) is 21.9 Å². The molecule has 1 aromatic heterocycles. The Morgan fingerprint density at radius 3 is 2.15 bits per heavy atom. The van der Waals surface area contributed by atoms with Crippen molar-refractivity contribution in [1.29, 1.82) is 0 Å². The summed E-state index contributed by atoms with van der Waals surface area (Å²) in [5, 5.41) is 0.792. The van der Waals surface area contributed by atoms with Gasteiger partial charge in [-0.15, -0.1) is 0 Å². The van der Waals surface area contributed by atoms with Crippen LogP contribution in [0.15, 0.2) is 82.1 Å². The lowest BCUT2D eigenvalue weighted by Crippen LogP contribution is -2.41. The Kier molecular flexibility index (Phi) is 5.84. The third kappa shape index (κ3) is 4.70. The van der Waals surface area contributed by atoms with E-state index in [1.165, 1.54) is 36.4 Å². The molecule has 0 bridgehead atoms. The molecule has 3 N–H and O–H groups in total. The van der Waals surface area contributed by atoms with Gasteiger partial charge in [0.1, 0.15) is 11.4 Å². The first-order valence-electron chi connectivity index (χ1n) is 9.72. The van der Waals surface area contributed by atoms with Gasteiger partial charge in [-0.05, 0) is 61.5 Å². The van der Waals surface area contributed by atoms with E-state index in [0.29, 0.717) is 11.1 Å². The SMILES string of the molecule is Cc1c(C(=O)NNC(=O)c2ccc(S(=O)(=O)Nc3ccc(F)cc3)cc2)oc2ccccc12. The Hall–Kier alpha value is -4.18. The molecule has 0 saturated heterocycles. The second-order valence-electron chi connectivity index (χ2n) is 7.10. The average molecular weight is 467 g/mol. The normalized spacial score (nSPS) is 11.2. The zero-order valence-corrected chi connectivity index (χ0v) is 18.1. The maximum absolute atomic E-state index is 13.0. The van der Waals surface area contributed by atoms with E-state index in [1.54, 1.807) is 19.1 Å². The molecule has 1 heterocycles. The zero-order valence-electron chi connectivity index (χ0n) is 17.3. The second-order valence-corrected chi connectivity index (χ2v) is 8.78. The Bertz CT molecular complexity index is 1450. The van der Waals surface area contributed by atoms with Crippen LogP contribution in [0.5, 0.6) is 0 Å². The topological polar surface area (TPSA) is 118 Å². The number of carbonyl (C=O) groups is 2. The van der Waals surface area contributed by atoms with Crippen LogP contribution < -0.4 is 15.6 Å². The number of amides is 2. The predicted molar refractivity (Wildman–Crippen MR) is 120 cm³/mol. The van der Waals surface area contributed by atoms with E-state index in [1.807, 2.05) is 12.1 Å². The number of carbonyl (C=O) groups excluding carboxylic acids is 2. The van der Waals surface area contributed by atoms with E-state index >= 15 is 0 Å². The van der Waals surface area contributed by atoms with Crippen LogP contribution >= 0.6 is 0 Å². The molecule has 0 spiro atoms. The molecule has 10 heteroatoms. The number of aryl methyl sites for hydroxylation is 1. The van der Waals surface area contributed by atoms with Gasteiger partial charge >= 0.3 is 5.91 Å². The first-order valence-corrected chi connectivity index (χ1v) is 11.2. The summed E-state index contributed by atoms with van der Waals surface area (Å²) in [5.74, 6) is -1.69. The van der Waals surface area contributed by atoms with Crippen molar-refractivity contribution in [2.24, 2.45) is 0 Å². The minimum Gasteiger partial charge on any atom is -0.451 e. The van der Waals surface area contributed by atoms with Gasteiger partial charge in [-0.2, -0.15) is 0 Å². The molecule has 0 aliphatic heterocycles. The van der Waals surface area contributed by atoms with Crippen molar-refractivity contribution in [1.82, 2.24) is 10.9 Å². The number of halogens is 1. The molecule has 4 aromatic rings. The third-order valence-corrected chi connectivity index (χ3v) is 6.26. The molecule has 4 rings (SSSR count). The molecule has 0 aliphatic carbocycles. The van der Waals surface area contributed by atoms with Gasteiger partial charge in [0.25, 0.3) is 15.9 Å². The number of fused-ring (bicyclic) bond motifs is 1. The molecule has 0 fully saturated rings. The summed E-state index contributed by atoms with van der Waals surface area (Å²) in [6, 6.07) is 17.1. The maximum atomic E-state index is 13.0. The molecule has 0 unspecified atom stereocenters. The fraction of sp³-hybridized carbons (Fsp3) is 0.0435. The number of sulfonamides is 1. The standard InChI is InChI=1S/C23H18FN3O5S/c1-14-19-4-2-3-5-20(19)32-21(14)23(29)26-25-22(28)15-6-12-18(13-7-15)33(30,31)27-17-10-8-16(24)9-11-17/h2-13,27H,1H3,(H,25,28)(H,26,29). The van der Waals surface area contributed by atoms with Crippen LogP contribution in [0.2, 0.25) is 0 Å². The smallest absolute Gasteiger partial charge is 0.305 e. The van der Waals surface area contributed by atoms with Crippen molar-refractivity contribution in [2.75, 3.05) is 4.72 Å². The molecule has 3 aromatic carbocycles. The lowest BCUT2D eigenvalue weighted by atomic mass is 10.1. The molecule has 33 heavy (non-hydrogen) atoms. The highest BCUT2D eigenvalue weighted by atomic mass is 32.2. The van der Waals surface area contributed by atoms with Gasteiger partial charge in [0.2, 0.25) is 0 Å². The molecule has 0 aliphatic rings. The zero-order chi connectivity index (χ0) is 23.6. The van der Waals surface area contributed by atoms with E-state index in [2.05, 4.69) is 15.6 Å². The summed E-state index contributed by atoms with van der Waals surface area (Å²) in [6.45, 7) is 1.74. The Labute approximate surface area is 188 Å². The van der Waals surface area contributed by atoms with E-state index < -0.39 is 27.7 Å². The minimum absolute atomic E-state index is 0.0739. The third-order valence-electron chi connectivity index (χ3n) is 4.86. The first kappa shape index (κ1) is 22.0. The van der Waals surface area contributed by atoms with Crippen LogP contribution in [0, 0.1) is 12.7 Å². The van der Waals surface area contributed by atoms with E-state index in [0.717, 1.165) is 17.5 Å². The number of para-hydroxylation sites is 1. The number of hydrazine groups is 1. The Morgan fingerprint density at radius 1 is 0.848 bits per heavy atom. The quantitative estimate of drug-likeness (QED) is 0.387. The molecular formula is C23H18FN3O5S. The van der Waals surface area contributed by atoms with Crippen LogP contribution in [0.25, 0.3) is 11.0 Å². The number of furan rings is 1. The number of rotatable bonds is 5. The van der Waals surface area contributed by atoms with Gasteiger partial charge in [-0.3, -0.25) is 25.2 Å². The van der Waals surface area contributed by atoms with E-state index in [4.69, 9.17) is 4.42 Å². The average Bonchev–Trinajstić information content (AvgIpc) is 3.15. The van der Waals surface area contributed by atoms with Gasteiger partial charge in [0.15, 0.2) is 5.76 Å². The highest BCUT2D eigenvalue weighted by Crippen LogP contribution is 2.24. The van der Waals surface area contributed by atoms with Crippen LogP contribution in [-0.4, -0.2) is 20.2 Å². The highest BCUT2D eigenvalue weighted by Gasteiger charge is 2.19. The summed E-state index contributed by atoms with van der Waals surface area (Å²) < 4.78 is 45.8. The van der Waals surface area contributed by atoms with Gasteiger partial charge in [0, 0.05) is 22.2 Å². The van der Waals surface area contributed by atoms with Crippen molar-refractivity contribution in [3.63, 3.8) is 0 Å². The fourth-order valence-electron chi connectivity index (χ4n) is 3.15. The van der Waals surface area contributed by atoms with Crippen molar-refractivity contribution < 1.29 is 26.8 Å². The number of hydrogen-bond donors (Lipinski definition) is 3. The molecule has 2 amide bonds. The monoisotopic (exact) mass is 467 g/mol. The van der Waals surface area contributed by atoms with Crippen LogP contribution in [0.1, 0.15) is 26.5 Å². The van der Waals surface area contributed by atoms with Crippen molar-refractivity contribution in [3.8, 4) is 0 Å². The maximum Gasteiger partial charge on any atom is 0.305 e. The Balaban J connectivity index is 1.41. The summed E-state index contributed by atoms with van der Waals surface area (Å²) in [6.07, 6.45) is 0. The lowest BCUT2D eigenvalue weighted by Gasteiger charge is -2.09. The first-order chi connectivity index (χ1) is 15.7. The molecule has 0 atom stereocenters. The second kappa shape index (κ2) is 8.75. The lowest BCUT2D eigenvalue weighted by molar-refractivity contribution is 0.0831. The molecule has 0 radical (unpaired) electrons. The summed E-state index contributed by atoms with van der Waals surface area (Å²) in [5.41, 5.74) is 6.07. The number of nitrogens with one attached hydrogen (secondary N) is 3. The Morgan fingerprint density at radius 2 is 1.48 bits per heavy atom. The summed E-state index contributed by atoms with van der Waals surface area (Å²) in [4.78, 5) is 24.7. The van der Waals surface area contributed by atoms with Crippen LogP contribution in [0.3, 0.4) is 0 Å². The largest absolute Gasteiger partial charge is 0.451 e. The van der Waals surface area contributed by atoms with Gasteiger partial charge in [-0.25, -0.2) is 12.8 Å².